The normalized spacial score (nSPS) is 24.4. The first-order valence-corrected chi connectivity index (χ1v) is 5.29. The molecule has 0 aliphatic carbocycles. The highest BCUT2D eigenvalue weighted by Gasteiger charge is 2.12. The lowest BCUT2D eigenvalue weighted by atomic mass is 10.2. The summed E-state index contributed by atoms with van der Waals surface area (Å²) in [6.07, 6.45) is 4.59. The monoisotopic (exact) mass is 190 g/mol. The molecular weight excluding hydrogens is 175 g/mol. The lowest BCUT2D eigenvalue weighted by Crippen LogP contribution is -1.98. The van der Waals surface area contributed by atoms with E-state index in [-0.39, 0.29) is 6.10 Å². The van der Waals surface area contributed by atoms with Gasteiger partial charge in [0.15, 0.2) is 8.38 Å². The van der Waals surface area contributed by atoms with Crippen LogP contribution in [0.25, 0.3) is 0 Å². The molecule has 1 heterocycles. The largest absolute Gasteiger partial charge is 0.374 e. The maximum absolute atomic E-state index is 5.40. The minimum Gasteiger partial charge on any atom is -0.374 e. The number of ether oxygens (including phenoxy) is 1. The van der Waals surface area contributed by atoms with Crippen molar-refractivity contribution in [1.82, 2.24) is 0 Å². The zero-order valence-corrected chi connectivity index (χ0v) is 8.42. The first-order chi connectivity index (χ1) is 5.86. The van der Waals surface area contributed by atoms with Gasteiger partial charge in [-0.1, -0.05) is 6.08 Å². The molecule has 0 aromatic heterocycles. The van der Waals surface area contributed by atoms with Gasteiger partial charge in [-0.2, -0.15) is 0 Å². The van der Waals surface area contributed by atoms with Gasteiger partial charge in [0.2, 0.25) is 0 Å². The Labute approximate surface area is 74.6 Å². The highest BCUT2D eigenvalue weighted by molar-refractivity contribution is 7.50. The summed E-state index contributed by atoms with van der Waals surface area (Å²) in [5.41, 5.74) is 0. The van der Waals surface area contributed by atoms with Crippen LogP contribution in [0.4, 0.5) is 0 Å². The second-order valence-corrected chi connectivity index (χ2v) is 4.14. The molecule has 0 N–H and O–H groups in total. The molecule has 1 saturated heterocycles. The topological polar surface area (TPSA) is 27.7 Å². The van der Waals surface area contributed by atoms with Gasteiger partial charge in [0.05, 0.1) is 6.10 Å². The summed E-state index contributed by atoms with van der Waals surface area (Å²) in [6.45, 7) is 0.882. The van der Waals surface area contributed by atoms with Crippen molar-refractivity contribution in [3.8, 4) is 0 Å². The van der Waals surface area contributed by atoms with E-state index >= 15 is 0 Å². The van der Waals surface area contributed by atoms with Crippen LogP contribution in [0.5, 0.6) is 0 Å². The van der Waals surface area contributed by atoms with Crippen LogP contribution in [-0.4, -0.2) is 26.9 Å². The average molecular weight is 190 g/mol. The van der Waals surface area contributed by atoms with Gasteiger partial charge < -0.3 is 13.8 Å². The van der Waals surface area contributed by atoms with E-state index in [4.69, 9.17) is 13.8 Å². The molecule has 1 rings (SSSR count). The zero-order valence-electron chi connectivity index (χ0n) is 7.53. The molecular formula is C8H15O3P. The van der Waals surface area contributed by atoms with Gasteiger partial charge in [-0.05, 0) is 18.7 Å². The van der Waals surface area contributed by atoms with E-state index in [1.165, 1.54) is 0 Å². The van der Waals surface area contributed by atoms with E-state index in [2.05, 4.69) is 0 Å². The van der Waals surface area contributed by atoms with Crippen LogP contribution in [0.15, 0.2) is 11.9 Å². The molecule has 1 fully saturated rings. The first kappa shape index (κ1) is 10.1. The predicted octanol–water partition coefficient (Wildman–Crippen LogP) is 2.28. The highest BCUT2D eigenvalue weighted by atomic mass is 31.2. The molecule has 3 nitrogen and oxygen atoms in total. The number of hydrogen-bond acceptors (Lipinski definition) is 3. The minimum atomic E-state index is -0.833. The summed E-state index contributed by atoms with van der Waals surface area (Å²) < 4.78 is 15.5. The third-order valence-corrected chi connectivity index (χ3v) is 2.88. The van der Waals surface area contributed by atoms with Gasteiger partial charge in [0, 0.05) is 20.8 Å². The Morgan fingerprint density at radius 2 is 2.17 bits per heavy atom. The summed E-state index contributed by atoms with van der Waals surface area (Å²) >= 11 is 0. The standard InChI is InChI=1S/C8H15O3P/c1-9-12(10-2)7-5-8-4-3-6-11-8/h5,7-8H,3-4,6H2,1-2H3/b7-5+. The zero-order chi connectivity index (χ0) is 8.81. The maximum atomic E-state index is 5.40. The van der Waals surface area contributed by atoms with Crippen LogP contribution in [0.1, 0.15) is 12.8 Å². The molecule has 70 valence electrons. The van der Waals surface area contributed by atoms with E-state index in [1.54, 1.807) is 14.2 Å². The van der Waals surface area contributed by atoms with Crippen LogP contribution in [0.3, 0.4) is 0 Å². The highest BCUT2D eigenvalue weighted by Crippen LogP contribution is 2.37. The van der Waals surface area contributed by atoms with E-state index in [0.29, 0.717) is 0 Å². The molecule has 1 atom stereocenters. The quantitative estimate of drug-likeness (QED) is 0.636. The van der Waals surface area contributed by atoms with Crippen molar-refractivity contribution in [1.29, 1.82) is 0 Å². The first-order valence-electron chi connectivity index (χ1n) is 4.04. The van der Waals surface area contributed by atoms with E-state index in [1.807, 2.05) is 11.9 Å². The molecule has 0 spiro atoms. The fraction of sp³-hybridized carbons (Fsp3) is 0.750. The molecule has 0 aromatic rings. The van der Waals surface area contributed by atoms with Gasteiger partial charge in [0.1, 0.15) is 0 Å². The van der Waals surface area contributed by atoms with Crippen molar-refractivity contribution in [2.24, 2.45) is 0 Å². The van der Waals surface area contributed by atoms with Crippen molar-refractivity contribution in [3.63, 3.8) is 0 Å². The Morgan fingerprint density at radius 3 is 2.67 bits per heavy atom. The summed E-state index contributed by atoms with van der Waals surface area (Å²) in [5, 5.41) is 0. The van der Waals surface area contributed by atoms with E-state index in [9.17, 15) is 0 Å². The van der Waals surface area contributed by atoms with E-state index < -0.39 is 8.38 Å². The second-order valence-electron chi connectivity index (χ2n) is 2.54. The molecule has 0 radical (unpaired) electrons. The SMILES string of the molecule is COP(/C=C/C1CCCO1)OC. The smallest absolute Gasteiger partial charge is 0.196 e. The molecule has 4 heteroatoms. The second kappa shape index (κ2) is 5.65. The lowest BCUT2D eigenvalue weighted by Gasteiger charge is -2.07. The summed E-state index contributed by atoms with van der Waals surface area (Å²) in [5.74, 6) is 1.95. The molecule has 0 aromatic carbocycles. The van der Waals surface area contributed by atoms with E-state index in [0.717, 1.165) is 19.4 Å². The fourth-order valence-electron chi connectivity index (χ4n) is 1.12. The Hall–Kier alpha value is 0.0500. The van der Waals surface area contributed by atoms with Crippen molar-refractivity contribution in [3.05, 3.63) is 11.9 Å². The minimum absolute atomic E-state index is 0.278. The van der Waals surface area contributed by atoms with Crippen LogP contribution < -0.4 is 0 Å². The van der Waals surface area contributed by atoms with Gasteiger partial charge in [-0.15, -0.1) is 0 Å². The van der Waals surface area contributed by atoms with Crippen molar-refractivity contribution >= 4 is 8.38 Å². The molecule has 1 unspecified atom stereocenters. The van der Waals surface area contributed by atoms with Gasteiger partial charge in [0.25, 0.3) is 0 Å². The van der Waals surface area contributed by atoms with Crippen molar-refractivity contribution in [2.45, 2.75) is 18.9 Å². The van der Waals surface area contributed by atoms with Crippen molar-refractivity contribution in [2.75, 3.05) is 20.8 Å². The van der Waals surface area contributed by atoms with Crippen molar-refractivity contribution < 1.29 is 13.8 Å². The van der Waals surface area contributed by atoms with Gasteiger partial charge >= 0.3 is 0 Å². The van der Waals surface area contributed by atoms with Gasteiger partial charge in [-0.25, -0.2) is 0 Å². The molecule has 1 aliphatic heterocycles. The Morgan fingerprint density at radius 1 is 1.42 bits per heavy atom. The summed E-state index contributed by atoms with van der Waals surface area (Å²) in [7, 11) is 2.46. The number of hydrogen-bond donors (Lipinski definition) is 0. The lowest BCUT2D eigenvalue weighted by molar-refractivity contribution is 0.145. The number of rotatable bonds is 4. The Balaban J connectivity index is 2.26. The average Bonchev–Trinajstić information content (AvgIpc) is 2.59. The fourth-order valence-corrected chi connectivity index (χ4v) is 1.84. The van der Waals surface area contributed by atoms with Crippen LogP contribution in [0.2, 0.25) is 0 Å². The van der Waals surface area contributed by atoms with Crippen LogP contribution >= 0.6 is 8.38 Å². The summed E-state index contributed by atoms with van der Waals surface area (Å²) in [4.78, 5) is 0. The molecule has 12 heavy (non-hydrogen) atoms. The molecule has 0 saturated carbocycles. The molecule has 0 amide bonds. The molecule has 1 aliphatic rings. The third-order valence-electron chi connectivity index (χ3n) is 1.75. The summed E-state index contributed by atoms with van der Waals surface area (Å²) in [6, 6.07) is 0. The maximum Gasteiger partial charge on any atom is 0.196 e. The van der Waals surface area contributed by atoms with Crippen LogP contribution in [-0.2, 0) is 13.8 Å². The Bertz CT molecular complexity index is 135. The van der Waals surface area contributed by atoms with Crippen LogP contribution in [0, 0.1) is 0 Å². The Kier molecular flexibility index (Phi) is 4.77. The molecule has 0 bridgehead atoms. The third kappa shape index (κ3) is 3.20. The van der Waals surface area contributed by atoms with Gasteiger partial charge in [-0.3, -0.25) is 0 Å². The predicted molar refractivity (Wildman–Crippen MR) is 49.1 cm³/mol.